The first-order valence-corrected chi connectivity index (χ1v) is 5.44. The lowest BCUT2D eigenvalue weighted by Crippen LogP contribution is -2.32. The highest BCUT2D eigenvalue weighted by atomic mass is 16.5. The average Bonchev–Trinajstić information content (AvgIpc) is 2.35. The van der Waals surface area contributed by atoms with Crippen molar-refractivity contribution in [1.29, 1.82) is 0 Å². The Kier molecular flexibility index (Phi) is 5.15. The van der Waals surface area contributed by atoms with Crippen molar-refractivity contribution in [3.63, 3.8) is 0 Å². The maximum absolute atomic E-state index is 10.5. The van der Waals surface area contributed by atoms with Gasteiger partial charge in [-0.3, -0.25) is 0 Å². The molecule has 0 fully saturated rings. The van der Waals surface area contributed by atoms with E-state index in [4.69, 9.17) is 4.74 Å². The minimum absolute atomic E-state index is 0.347. The van der Waals surface area contributed by atoms with Gasteiger partial charge >= 0.3 is 0 Å². The maximum atomic E-state index is 10.5. The van der Waals surface area contributed by atoms with Crippen molar-refractivity contribution in [2.75, 3.05) is 0 Å². The number of carbonyl (C=O) groups is 1. The van der Waals surface area contributed by atoms with Crippen LogP contribution in [-0.4, -0.2) is 23.6 Å². The van der Waals surface area contributed by atoms with Gasteiger partial charge in [0.25, 0.3) is 0 Å². The highest BCUT2D eigenvalue weighted by Crippen LogP contribution is 2.10. The molecule has 3 nitrogen and oxygen atoms in total. The fraction of sp³-hybridized carbons (Fsp3) is 0.462. The van der Waals surface area contributed by atoms with Crippen molar-refractivity contribution in [3.8, 4) is 0 Å². The second-order valence-electron chi connectivity index (χ2n) is 3.99. The van der Waals surface area contributed by atoms with Gasteiger partial charge in [-0.1, -0.05) is 37.3 Å². The third-order valence-electron chi connectivity index (χ3n) is 2.59. The standard InChI is InChI=1S/C13H18O3/c1-10(8-14)13(15)11(2)16-9-12-6-4-3-5-7-12/h3-8,10-11,13,15H,9H2,1-2H3/t10-,11-,13-/m0/s1. The van der Waals surface area contributed by atoms with E-state index in [0.717, 1.165) is 11.8 Å². The second-order valence-corrected chi connectivity index (χ2v) is 3.99. The highest BCUT2D eigenvalue weighted by molar-refractivity contribution is 5.53. The van der Waals surface area contributed by atoms with Gasteiger partial charge in [0.2, 0.25) is 0 Å². The Bertz CT molecular complexity index is 310. The number of ether oxygens (including phenoxy) is 1. The van der Waals surface area contributed by atoms with Gasteiger partial charge in [0.15, 0.2) is 0 Å². The SMILES string of the molecule is C[C@H](OCc1ccccc1)[C@@H](O)[C@@H](C)C=O. The molecule has 1 N–H and O–H groups in total. The Balaban J connectivity index is 2.40. The molecular weight excluding hydrogens is 204 g/mol. The first kappa shape index (κ1) is 12.9. The lowest BCUT2D eigenvalue weighted by Gasteiger charge is -2.21. The first-order chi connectivity index (χ1) is 7.65. The van der Waals surface area contributed by atoms with E-state index in [1.165, 1.54) is 0 Å². The summed E-state index contributed by atoms with van der Waals surface area (Å²) in [6.07, 6.45) is -0.353. The quantitative estimate of drug-likeness (QED) is 0.746. The van der Waals surface area contributed by atoms with Gasteiger partial charge in [-0.15, -0.1) is 0 Å². The van der Waals surface area contributed by atoms with E-state index in [0.29, 0.717) is 6.61 Å². The van der Waals surface area contributed by atoms with E-state index in [9.17, 15) is 9.90 Å². The average molecular weight is 222 g/mol. The molecular formula is C13H18O3. The van der Waals surface area contributed by atoms with Gasteiger partial charge in [-0.2, -0.15) is 0 Å². The molecule has 0 radical (unpaired) electrons. The van der Waals surface area contributed by atoms with Crippen LogP contribution in [0.1, 0.15) is 19.4 Å². The molecule has 1 aromatic rings. The summed E-state index contributed by atoms with van der Waals surface area (Å²) in [5.74, 6) is -0.397. The third kappa shape index (κ3) is 3.76. The predicted octanol–water partition coefficient (Wildman–Crippen LogP) is 1.79. The molecule has 3 atom stereocenters. The van der Waals surface area contributed by atoms with Crippen LogP contribution >= 0.6 is 0 Å². The Morgan fingerprint density at radius 3 is 2.50 bits per heavy atom. The lowest BCUT2D eigenvalue weighted by atomic mass is 10.0. The number of aliphatic hydroxyl groups excluding tert-OH is 1. The molecule has 88 valence electrons. The van der Waals surface area contributed by atoms with Crippen molar-refractivity contribution in [2.45, 2.75) is 32.7 Å². The Morgan fingerprint density at radius 2 is 1.94 bits per heavy atom. The topological polar surface area (TPSA) is 46.5 Å². The molecule has 0 bridgehead atoms. The van der Waals surface area contributed by atoms with Crippen LogP contribution in [0, 0.1) is 5.92 Å². The molecule has 3 heteroatoms. The van der Waals surface area contributed by atoms with Gasteiger partial charge in [-0.05, 0) is 12.5 Å². The van der Waals surface area contributed by atoms with E-state index >= 15 is 0 Å². The second kappa shape index (κ2) is 6.40. The summed E-state index contributed by atoms with van der Waals surface area (Å²) in [7, 11) is 0. The normalized spacial score (nSPS) is 16.4. The summed E-state index contributed by atoms with van der Waals surface area (Å²) >= 11 is 0. The fourth-order valence-corrected chi connectivity index (χ4v) is 1.41. The largest absolute Gasteiger partial charge is 0.390 e. The maximum Gasteiger partial charge on any atom is 0.125 e. The van der Waals surface area contributed by atoms with Crippen molar-refractivity contribution in [2.24, 2.45) is 5.92 Å². The first-order valence-electron chi connectivity index (χ1n) is 5.44. The van der Waals surface area contributed by atoms with E-state index in [1.54, 1.807) is 13.8 Å². The number of aldehydes is 1. The molecule has 0 aliphatic carbocycles. The molecule has 0 aliphatic rings. The number of hydrogen-bond donors (Lipinski definition) is 1. The molecule has 16 heavy (non-hydrogen) atoms. The van der Waals surface area contributed by atoms with Crippen molar-refractivity contribution < 1.29 is 14.6 Å². The zero-order valence-corrected chi connectivity index (χ0v) is 9.67. The van der Waals surface area contributed by atoms with E-state index in [2.05, 4.69) is 0 Å². The summed E-state index contributed by atoms with van der Waals surface area (Å²) in [6.45, 7) is 3.90. The number of aliphatic hydroxyl groups is 1. The van der Waals surface area contributed by atoms with Crippen LogP contribution in [0.4, 0.5) is 0 Å². The Labute approximate surface area is 96.1 Å². The smallest absolute Gasteiger partial charge is 0.125 e. The number of rotatable bonds is 6. The van der Waals surface area contributed by atoms with Crippen LogP contribution in [0.25, 0.3) is 0 Å². The highest BCUT2D eigenvalue weighted by Gasteiger charge is 2.21. The molecule has 1 rings (SSSR count). The molecule has 0 amide bonds. The number of benzene rings is 1. The fourth-order valence-electron chi connectivity index (χ4n) is 1.41. The van der Waals surface area contributed by atoms with Crippen LogP contribution in [0.15, 0.2) is 30.3 Å². The van der Waals surface area contributed by atoms with Gasteiger partial charge in [0, 0.05) is 5.92 Å². The zero-order valence-electron chi connectivity index (χ0n) is 9.67. The van der Waals surface area contributed by atoms with Crippen molar-refractivity contribution in [3.05, 3.63) is 35.9 Å². The minimum Gasteiger partial charge on any atom is -0.390 e. The number of hydrogen-bond acceptors (Lipinski definition) is 3. The van der Waals surface area contributed by atoms with E-state index in [-0.39, 0.29) is 6.10 Å². The van der Waals surface area contributed by atoms with Crippen LogP contribution in [0.2, 0.25) is 0 Å². The molecule has 1 aromatic carbocycles. The number of carbonyl (C=O) groups excluding carboxylic acids is 1. The minimum atomic E-state index is -0.749. The van der Waals surface area contributed by atoms with Crippen LogP contribution in [0.3, 0.4) is 0 Å². The monoisotopic (exact) mass is 222 g/mol. The summed E-state index contributed by atoms with van der Waals surface area (Å²) in [5, 5.41) is 9.71. The van der Waals surface area contributed by atoms with Gasteiger partial charge in [0.05, 0.1) is 18.8 Å². The molecule has 0 aromatic heterocycles. The summed E-state index contributed by atoms with van der Waals surface area (Å²) in [5.41, 5.74) is 1.06. The van der Waals surface area contributed by atoms with Gasteiger partial charge in [-0.25, -0.2) is 0 Å². The van der Waals surface area contributed by atoms with Crippen LogP contribution < -0.4 is 0 Å². The Morgan fingerprint density at radius 1 is 1.31 bits per heavy atom. The van der Waals surface area contributed by atoms with Crippen LogP contribution in [-0.2, 0) is 16.1 Å². The van der Waals surface area contributed by atoms with Crippen LogP contribution in [0.5, 0.6) is 0 Å². The molecule has 0 unspecified atom stereocenters. The predicted molar refractivity (Wildman–Crippen MR) is 61.9 cm³/mol. The molecule has 0 saturated carbocycles. The molecule has 0 aliphatic heterocycles. The molecule has 0 spiro atoms. The summed E-state index contributed by atoms with van der Waals surface area (Å²) in [6, 6.07) is 9.74. The van der Waals surface area contributed by atoms with Gasteiger partial charge < -0.3 is 14.6 Å². The van der Waals surface area contributed by atoms with E-state index in [1.807, 2.05) is 30.3 Å². The summed E-state index contributed by atoms with van der Waals surface area (Å²) in [4.78, 5) is 10.5. The summed E-state index contributed by atoms with van der Waals surface area (Å²) < 4.78 is 5.50. The zero-order chi connectivity index (χ0) is 12.0. The Hall–Kier alpha value is -1.19. The van der Waals surface area contributed by atoms with Crippen molar-refractivity contribution >= 4 is 6.29 Å². The van der Waals surface area contributed by atoms with Crippen molar-refractivity contribution in [1.82, 2.24) is 0 Å². The lowest BCUT2D eigenvalue weighted by molar-refractivity contribution is -0.118. The van der Waals surface area contributed by atoms with E-state index < -0.39 is 12.0 Å². The van der Waals surface area contributed by atoms with Gasteiger partial charge in [0.1, 0.15) is 6.29 Å². The molecule has 0 saturated heterocycles. The third-order valence-corrected chi connectivity index (χ3v) is 2.59. The molecule has 0 heterocycles.